The average molecular weight is 271 g/mol. The Bertz CT molecular complexity index is 314. The molecular formula is C13H25N3O3. The molecule has 1 aliphatic rings. The maximum absolute atomic E-state index is 12.1. The van der Waals surface area contributed by atoms with Gasteiger partial charge >= 0.3 is 12.0 Å². The lowest BCUT2D eigenvalue weighted by atomic mass is 10.0. The fourth-order valence-corrected chi connectivity index (χ4v) is 2.33. The quantitative estimate of drug-likeness (QED) is 0.781. The fourth-order valence-electron chi connectivity index (χ4n) is 2.33. The predicted molar refractivity (Wildman–Crippen MR) is 73.1 cm³/mol. The number of rotatable bonds is 5. The van der Waals surface area contributed by atoms with E-state index in [1.165, 1.54) is 0 Å². The molecule has 1 heterocycles. The number of amides is 2. The highest BCUT2D eigenvalue weighted by Gasteiger charge is 2.25. The van der Waals surface area contributed by atoms with Gasteiger partial charge in [0.05, 0.1) is 6.42 Å². The van der Waals surface area contributed by atoms with Gasteiger partial charge in [0.15, 0.2) is 0 Å². The zero-order chi connectivity index (χ0) is 14.4. The molecule has 1 fully saturated rings. The van der Waals surface area contributed by atoms with Crippen LogP contribution in [0, 0.1) is 0 Å². The summed E-state index contributed by atoms with van der Waals surface area (Å²) in [5.74, 6) is -0.880. The summed E-state index contributed by atoms with van der Waals surface area (Å²) >= 11 is 0. The van der Waals surface area contributed by atoms with E-state index in [-0.39, 0.29) is 24.5 Å². The topological polar surface area (TPSA) is 72.9 Å². The van der Waals surface area contributed by atoms with Crippen LogP contribution in [0.2, 0.25) is 0 Å². The Labute approximate surface area is 114 Å². The molecule has 1 aliphatic heterocycles. The molecule has 19 heavy (non-hydrogen) atoms. The van der Waals surface area contributed by atoms with Gasteiger partial charge in [0.1, 0.15) is 0 Å². The normalized spacial score (nSPS) is 18.9. The number of hydrogen-bond donors (Lipinski definition) is 2. The minimum Gasteiger partial charge on any atom is -0.481 e. The molecule has 2 amide bonds. The van der Waals surface area contributed by atoms with Crippen molar-refractivity contribution in [2.75, 3.05) is 27.2 Å². The molecule has 6 nitrogen and oxygen atoms in total. The molecule has 0 aromatic carbocycles. The van der Waals surface area contributed by atoms with E-state index in [9.17, 15) is 9.59 Å². The van der Waals surface area contributed by atoms with Crippen molar-refractivity contribution < 1.29 is 14.7 Å². The number of carbonyl (C=O) groups excluding carboxylic acids is 1. The monoisotopic (exact) mass is 271 g/mol. The Hall–Kier alpha value is -1.30. The van der Waals surface area contributed by atoms with Gasteiger partial charge in [-0.05, 0) is 39.4 Å². The standard InChI is InChI=1S/C13H25N3O3/c1-4-10(9-12(17)18)14-13(19)16(3)11-5-7-15(2)8-6-11/h10-11H,4-9H2,1-3H3,(H,14,19)(H,17,18). The second-order valence-electron chi connectivity index (χ2n) is 5.30. The zero-order valence-corrected chi connectivity index (χ0v) is 12.1. The largest absolute Gasteiger partial charge is 0.481 e. The van der Waals surface area contributed by atoms with Crippen molar-refractivity contribution in [1.29, 1.82) is 0 Å². The SMILES string of the molecule is CCC(CC(=O)O)NC(=O)N(C)C1CCN(C)CC1. The Morgan fingerprint density at radius 1 is 1.42 bits per heavy atom. The molecule has 1 saturated heterocycles. The number of urea groups is 1. The third-order valence-electron chi connectivity index (χ3n) is 3.80. The fraction of sp³-hybridized carbons (Fsp3) is 0.846. The number of nitrogens with zero attached hydrogens (tertiary/aromatic N) is 2. The molecule has 0 bridgehead atoms. The number of carboxylic acid groups (broad SMARTS) is 1. The Kier molecular flexibility index (Phi) is 6.08. The molecule has 0 aromatic heterocycles. The summed E-state index contributed by atoms with van der Waals surface area (Å²) in [6, 6.07) is -0.208. The van der Waals surface area contributed by atoms with Crippen molar-refractivity contribution in [3.05, 3.63) is 0 Å². The summed E-state index contributed by atoms with van der Waals surface area (Å²) in [7, 11) is 3.87. The van der Waals surface area contributed by atoms with Gasteiger partial charge < -0.3 is 20.2 Å². The smallest absolute Gasteiger partial charge is 0.317 e. The van der Waals surface area contributed by atoms with Gasteiger partial charge in [0, 0.05) is 19.1 Å². The number of hydrogen-bond acceptors (Lipinski definition) is 3. The predicted octanol–water partition coefficient (Wildman–Crippen LogP) is 0.975. The number of nitrogens with one attached hydrogen (secondary N) is 1. The van der Waals surface area contributed by atoms with E-state index in [0.717, 1.165) is 25.9 Å². The van der Waals surface area contributed by atoms with Crippen LogP contribution < -0.4 is 5.32 Å². The molecule has 6 heteroatoms. The van der Waals surface area contributed by atoms with Crippen LogP contribution in [-0.4, -0.2) is 66.2 Å². The second kappa shape index (κ2) is 7.33. The van der Waals surface area contributed by atoms with Crippen molar-refractivity contribution in [1.82, 2.24) is 15.1 Å². The summed E-state index contributed by atoms with van der Waals surface area (Å²) < 4.78 is 0. The van der Waals surface area contributed by atoms with Crippen molar-refractivity contribution in [2.45, 2.75) is 44.7 Å². The lowest BCUT2D eigenvalue weighted by molar-refractivity contribution is -0.137. The molecule has 110 valence electrons. The number of piperidine rings is 1. The number of carbonyl (C=O) groups is 2. The maximum Gasteiger partial charge on any atom is 0.317 e. The molecule has 0 spiro atoms. The van der Waals surface area contributed by atoms with Gasteiger partial charge in [-0.3, -0.25) is 4.79 Å². The van der Waals surface area contributed by atoms with E-state index in [0.29, 0.717) is 6.42 Å². The molecule has 0 aliphatic carbocycles. The number of aliphatic carboxylic acids is 1. The third kappa shape index (κ3) is 5.06. The van der Waals surface area contributed by atoms with Gasteiger partial charge in [-0.15, -0.1) is 0 Å². The Morgan fingerprint density at radius 2 is 2.00 bits per heavy atom. The molecule has 2 N–H and O–H groups in total. The summed E-state index contributed by atoms with van der Waals surface area (Å²) in [6.45, 7) is 3.87. The van der Waals surface area contributed by atoms with Crippen LogP contribution in [0.25, 0.3) is 0 Å². The molecule has 0 saturated carbocycles. The van der Waals surface area contributed by atoms with Gasteiger partial charge in [0.2, 0.25) is 0 Å². The molecule has 1 atom stereocenters. The summed E-state index contributed by atoms with van der Waals surface area (Å²) in [5, 5.41) is 11.6. The van der Waals surface area contributed by atoms with Gasteiger partial charge in [-0.1, -0.05) is 6.92 Å². The van der Waals surface area contributed by atoms with Crippen LogP contribution in [0.1, 0.15) is 32.6 Å². The minimum atomic E-state index is -0.880. The summed E-state index contributed by atoms with van der Waals surface area (Å²) in [5.41, 5.74) is 0. The number of likely N-dealkylation sites (tertiary alicyclic amines) is 1. The second-order valence-corrected chi connectivity index (χ2v) is 5.30. The van der Waals surface area contributed by atoms with E-state index in [2.05, 4.69) is 17.3 Å². The summed E-state index contributed by atoms with van der Waals surface area (Å²) in [6.07, 6.45) is 2.54. The molecule has 1 rings (SSSR count). The molecule has 0 aromatic rings. The average Bonchev–Trinajstić information content (AvgIpc) is 2.37. The van der Waals surface area contributed by atoms with E-state index >= 15 is 0 Å². The van der Waals surface area contributed by atoms with Crippen LogP contribution in [0.4, 0.5) is 4.79 Å². The van der Waals surface area contributed by atoms with Crippen molar-refractivity contribution in [3.63, 3.8) is 0 Å². The zero-order valence-electron chi connectivity index (χ0n) is 12.1. The Balaban J connectivity index is 2.45. The first kappa shape index (κ1) is 15.8. The van der Waals surface area contributed by atoms with Crippen molar-refractivity contribution in [3.8, 4) is 0 Å². The summed E-state index contributed by atoms with van der Waals surface area (Å²) in [4.78, 5) is 26.7. The van der Waals surface area contributed by atoms with Crippen LogP contribution in [-0.2, 0) is 4.79 Å². The highest BCUT2D eigenvalue weighted by molar-refractivity contribution is 5.76. The minimum absolute atomic E-state index is 0.0243. The van der Waals surface area contributed by atoms with Crippen LogP contribution in [0.5, 0.6) is 0 Å². The van der Waals surface area contributed by atoms with E-state index in [4.69, 9.17) is 5.11 Å². The van der Waals surface area contributed by atoms with Gasteiger partial charge in [-0.2, -0.15) is 0 Å². The van der Waals surface area contributed by atoms with E-state index in [1.54, 1.807) is 11.9 Å². The molecular weight excluding hydrogens is 246 g/mol. The van der Waals surface area contributed by atoms with E-state index < -0.39 is 5.97 Å². The van der Waals surface area contributed by atoms with Crippen LogP contribution in [0.15, 0.2) is 0 Å². The van der Waals surface area contributed by atoms with Crippen LogP contribution in [0.3, 0.4) is 0 Å². The maximum atomic E-state index is 12.1. The highest BCUT2D eigenvalue weighted by Crippen LogP contribution is 2.14. The molecule has 1 unspecified atom stereocenters. The highest BCUT2D eigenvalue weighted by atomic mass is 16.4. The molecule has 0 radical (unpaired) electrons. The lowest BCUT2D eigenvalue weighted by Crippen LogP contribution is -2.50. The number of carboxylic acids is 1. The van der Waals surface area contributed by atoms with Crippen molar-refractivity contribution >= 4 is 12.0 Å². The van der Waals surface area contributed by atoms with E-state index in [1.807, 2.05) is 6.92 Å². The third-order valence-corrected chi connectivity index (χ3v) is 3.80. The first-order valence-electron chi connectivity index (χ1n) is 6.87. The van der Waals surface area contributed by atoms with Gasteiger partial charge in [-0.25, -0.2) is 4.79 Å². The Morgan fingerprint density at radius 3 is 2.47 bits per heavy atom. The van der Waals surface area contributed by atoms with Crippen LogP contribution >= 0.6 is 0 Å². The lowest BCUT2D eigenvalue weighted by Gasteiger charge is -2.35. The van der Waals surface area contributed by atoms with Gasteiger partial charge in [0.25, 0.3) is 0 Å². The van der Waals surface area contributed by atoms with Crippen molar-refractivity contribution in [2.24, 2.45) is 0 Å². The first-order valence-corrected chi connectivity index (χ1v) is 6.87. The first-order chi connectivity index (χ1) is 8.93.